The molecule has 3 unspecified atom stereocenters. The van der Waals surface area contributed by atoms with E-state index in [1.165, 1.54) is 25.3 Å². The molecule has 2 aromatic carbocycles. The number of anilines is 1. The van der Waals surface area contributed by atoms with Gasteiger partial charge in [0.05, 0.1) is 37.0 Å². The number of benzene rings is 2. The Balaban J connectivity index is 1.86. The van der Waals surface area contributed by atoms with E-state index in [0.717, 1.165) is 13.2 Å². The van der Waals surface area contributed by atoms with Gasteiger partial charge < -0.3 is 19.5 Å². The van der Waals surface area contributed by atoms with Crippen LogP contribution >= 0.6 is 0 Å². The van der Waals surface area contributed by atoms with Crippen molar-refractivity contribution >= 4 is 17.6 Å². The fraction of sp³-hybridized carbons (Fsp3) is 0.280. The summed E-state index contributed by atoms with van der Waals surface area (Å²) in [6, 6.07) is 13.1. The molecule has 4 rings (SSSR count). The Kier molecular flexibility index (Phi) is 6.22. The average molecular weight is 473 g/mol. The lowest BCUT2D eigenvalue weighted by Gasteiger charge is -2.36. The second-order valence-corrected chi connectivity index (χ2v) is 7.88. The summed E-state index contributed by atoms with van der Waals surface area (Å²) in [4.78, 5) is 25.4. The largest absolute Gasteiger partial charge is 0.466 e. The monoisotopic (exact) mass is 473 g/mol. The molecule has 2 aromatic rings. The van der Waals surface area contributed by atoms with Crippen LogP contribution in [0.4, 0.5) is 18.9 Å². The Morgan fingerprint density at radius 1 is 1.03 bits per heavy atom. The van der Waals surface area contributed by atoms with E-state index in [2.05, 4.69) is 5.32 Å². The molecule has 0 fully saturated rings. The van der Waals surface area contributed by atoms with Crippen LogP contribution in [0.3, 0.4) is 0 Å². The second kappa shape index (κ2) is 8.98. The van der Waals surface area contributed by atoms with E-state index in [0.29, 0.717) is 5.69 Å². The minimum Gasteiger partial charge on any atom is -0.466 e. The minimum absolute atomic E-state index is 0.00832. The summed E-state index contributed by atoms with van der Waals surface area (Å²) in [5, 5.41) is 3.22. The summed E-state index contributed by atoms with van der Waals surface area (Å²) in [6.45, 7) is 0. The van der Waals surface area contributed by atoms with Gasteiger partial charge in [-0.3, -0.25) is 0 Å². The van der Waals surface area contributed by atoms with Crippen molar-refractivity contribution in [1.29, 1.82) is 0 Å². The summed E-state index contributed by atoms with van der Waals surface area (Å²) >= 11 is 0. The van der Waals surface area contributed by atoms with Crippen molar-refractivity contribution in [3.8, 4) is 0 Å². The third-order valence-electron chi connectivity index (χ3n) is 5.96. The third kappa shape index (κ3) is 4.07. The number of carbonyl (C=O) groups is 2. The van der Waals surface area contributed by atoms with Crippen molar-refractivity contribution in [3.05, 3.63) is 89.0 Å². The van der Waals surface area contributed by atoms with Gasteiger partial charge in [0.2, 0.25) is 0 Å². The molecule has 2 aliphatic heterocycles. The first-order chi connectivity index (χ1) is 16.2. The number of fused-ring (bicyclic) bond motifs is 2. The smallest absolute Gasteiger partial charge is 0.416 e. The van der Waals surface area contributed by atoms with Gasteiger partial charge in [0, 0.05) is 5.69 Å². The molecule has 0 saturated heterocycles. The summed E-state index contributed by atoms with van der Waals surface area (Å²) in [5.74, 6) is -1.60. The molecular formula is C25H22F3NO5. The van der Waals surface area contributed by atoms with Crippen molar-refractivity contribution in [2.45, 2.75) is 30.3 Å². The molecule has 3 atom stereocenters. The third-order valence-corrected chi connectivity index (χ3v) is 5.96. The molecule has 2 heterocycles. The molecular weight excluding hydrogens is 451 g/mol. The lowest BCUT2D eigenvalue weighted by Crippen LogP contribution is -2.49. The number of halogens is 3. The Morgan fingerprint density at radius 2 is 1.68 bits per heavy atom. The van der Waals surface area contributed by atoms with Gasteiger partial charge in [-0.15, -0.1) is 0 Å². The molecule has 2 bridgehead atoms. The highest BCUT2D eigenvalue weighted by atomic mass is 19.4. The van der Waals surface area contributed by atoms with Crippen LogP contribution in [-0.4, -0.2) is 43.9 Å². The van der Waals surface area contributed by atoms with E-state index in [-0.39, 0.29) is 23.1 Å². The van der Waals surface area contributed by atoms with E-state index in [1.54, 1.807) is 42.5 Å². The Labute approximate surface area is 194 Å². The molecule has 0 saturated carbocycles. The summed E-state index contributed by atoms with van der Waals surface area (Å²) < 4.78 is 57.2. The van der Waals surface area contributed by atoms with Gasteiger partial charge in [-0.2, -0.15) is 13.2 Å². The number of nitrogens with one attached hydrogen (secondary N) is 1. The Hall–Kier alpha value is -3.59. The SMILES string of the molecule is COC(=O)C1=C(C(=O)OC)C2(C(Cc3ccccc3C(F)(F)F)Nc3ccccc3)C=CC1O2. The first-order valence-electron chi connectivity index (χ1n) is 10.5. The number of carbonyl (C=O) groups excluding carboxylic acids is 2. The van der Waals surface area contributed by atoms with Gasteiger partial charge in [-0.25, -0.2) is 9.59 Å². The highest BCUT2D eigenvalue weighted by Gasteiger charge is 2.58. The highest BCUT2D eigenvalue weighted by molar-refractivity contribution is 6.05. The molecule has 2 aliphatic rings. The van der Waals surface area contributed by atoms with Crippen molar-refractivity contribution in [2.24, 2.45) is 0 Å². The minimum atomic E-state index is -4.58. The maximum absolute atomic E-state index is 13.8. The zero-order valence-corrected chi connectivity index (χ0v) is 18.4. The van der Waals surface area contributed by atoms with Gasteiger partial charge in [-0.05, 0) is 36.3 Å². The van der Waals surface area contributed by atoms with Gasteiger partial charge in [-0.1, -0.05) is 42.5 Å². The van der Waals surface area contributed by atoms with Gasteiger partial charge in [0.25, 0.3) is 0 Å². The van der Waals surface area contributed by atoms with Crippen molar-refractivity contribution < 1.29 is 37.0 Å². The molecule has 0 aliphatic carbocycles. The molecule has 1 N–H and O–H groups in total. The lowest BCUT2D eigenvalue weighted by molar-refractivity contribution is -0.140. The quantitative estimate of drug-likeness (QED) is 0.483. The first-order valence-corrected chi connectivity index (χ1v) is 10.5. The topological polar surface area (TPSA) is 73.9 Å². The van der Waals surface area contributed by atoms with Gasteiger partial charge >= 0.3 is 18.1 Å². The second-order valence-electron chi connectivity index (χ2n) is 7.88. The molecule has 0 aromatic heterocycles. The zero-order valence-electron chi connectivity index (χ0n) is 18.4. The summed E-state index contributed by atoms with van der Waals surface area (Å²) in [6.07, 6.45) is -2.45. The number of rotatable bonds is 7. The number of alkyl halides is 3. The standard InChI is InChI=1S/C25H22F3NO5/c1-32-22(30)20-18-12-13-24(34-18,21(20)23(31)33-2)19(29-16-9-4-3-5-10-16)14-15-8-6-7-11-17(15)25(26,27)28/h3-13,18-19,29H,14H2,1-2H3. The van der Waals surface area contributed by atoms with Crippen LogP contribution in [0.5, 0.6) is 0 Å². The zero-order chi connectivity index (χ0) is 24.5. The van der Waals surface area contributed by atoms with Crippen LogP contribution in [0.15, 0.2) is 77.9 Å². The number of esters is 2. The fourth-order valence-corrected chi connectivity index (χ4v) is 4.48. The van der Waals surface area contributed by atoms with Crippen LogP contribution in [0.25, 0.3) is 0 Å². The molecule has 0 radical (unpaired) electrons. The van der Waals surface area contributed by atoms with Crippen molar-refractivity contribution in [2.75, 3.05) is 19.5 Å². The Bertz CT molecular complexity index is 1160. The van der Waals surface area contributed by atoms with E-state index >= 15 is 0 Å². The van der Waals surface area contributed by atoms with Crippen LogP contribution in [0.2, 0.25) is 0 Å². The molecule has 9 heteroatoms. The van der Waals surface area contributed by atoms with Crippen LogP contribution in [-0.2, 0) is 36.4 Å². The average Bonchev–Trinajstić information content (AvgIpc) is 3.41. The Morgan fingerprint density at radius 3 is 2.32 bits per heavy atom. The molecule has 34 heavy (non-hydrogen) atoms. The molecule has 0 amide bonds. The predicted molar refractivity (Wildman–Crippen MR) is 117 cm³/mol. The van der Waals surface area contributed by atoms with Crippen LogP contribution < -0.4 is 5.32 Å². The molecule has 6 nitrogen and oxygen atoms in total. The number of hydrogen-bond donors (Lipinski definition) is 1. The van der Waals surface area contributed by atoms with E-state index in [4.69, 9.17) is 14.2 Å². The normalized spacial score (nSPS) is 22.0. The highest BCUT2D eigenvalue weighted by Crippen LogP contribution is 2.48. The maximum atomic E-state index is 13.8. The fourth-order valence-electron chi connectivity index (χ4n) is 4.48. The predicted octanol–water partition coefficient (Wildman–Crippen LogP) is 4.08. The number of methoxy groups -OCH3 is 2. The number of hydrogen-bond acceptors (Lipinski definition) is 6. The van der Waals surface area contributed by atoms with Crippen molar-refractivity contribution in [1.82, 2.24) is 0 Å². The first kappa shape index (κ1) is 23.6. The maximum Gasteiger partial charge on any atom is 0.416 e. The number of para-hydroxylation sites is 1. The lowest BCUT2D eigenvalue weighted by atomic mass is 9.78. The van der Waals surface area contributed by atoms with E-state index < -0.39 is 41.4 Å². The van der Waals surface area contributed by atoms with E-state index in [9.17, 15) is 22.8 Å². The van der Waals surface area contributed by atoms with Gasteiger partial charge in [0.15, 0.2) is 0 Å². The summed E-state index contributed by atoms with van der Waals surface area (Å²) in [7, 11) is 2.33. The molecule has 0 spiro atoms. The number of ether oxygens (including phenoxy) is 3. The van der Waals surface area contributed by atoms with Crippen LogP contribution in [0.1, 0.15) is 11.1 Å². The van der Waals surface area contributed by atoms with Crippen molar-refractivity contribution in [3.63, 3.8) is 0 Å². The molecule has 178 valence electrons. The summed E-state index contributed by atoms with van der Waals surface area (Å²) in [5.41, 5.74) is -1.86. The van der Waals surface area contributed by atoms with E-state index in [1.807, 2.05) is 0 Å². The van der Waals surface area contributed by atoms with Crippen LogP contribution in [0, 0.1) is 0 Å². The van der Waals surface area contributed by atoms with Gasteiger partial charge in [0.1, 0.15) is 11.7 Å².